The number of rotatable bonds is 10. The molecule has 2 saturated heterocycles. The Bertz CT molecular complexity index is 1580. The summed E-state index contributed by atoms with van der Waals surface area (Å²) in [7, 11) is -6.99. The predicted octanol–water partition coefficient (Wildman–Crippen LogP) is 1.24. The van der Waals surface area contributed by atoms with Crippen molar-refractivity contribution in [2.75, 3.05) is 32.8 Å². The monoisotopic (exact) mass is 591 g/mol. The average Bonchev–Trinajstić information content (AvgIpc) is 3.60. The third-order valence-electron chi connectivity index (χ3n) is 7.93. The van der Waals surface area contributed by atoms with E-state index in [0.717, 1.165) is 6.42 Å². The van der Waals surface area contributed by atoms with Crippen LogP contribution in [0.3, 0.4) is 0 Å². The minimum absolute atomic E-state index is 0.0185. The Balaban J connectivity index is 0.965. The zero-order valence-electron chi connectivity index (χ0n) is 21.9. The van der Waals surface area contributed by atoms with Crippen LogP contribution in [-0.4, -0.2) is 97.3 Å². The molecule has 1 spiro atoms. The average molecular weight is 592 g/mol. The molecule has 2 unspecified atom stereocenters. The van der Waals surface area contributed by atoms with Gasteiger partial charge in [0.15, 0.2) is 9.84 Å². The van der Waals surface area contributed by atoms with Crippen LogP contribution < -0.4 is 10.1 Å². The highest BCUT2D eigenvalue weighted by Crippen LogP contribution is 2.38. The number of sulfonamides is 1. The number of nitrogens with zero attached hydrogens (tertiary/aromatic N) is 3. The summed E-state index contributed by atoms with van der Waals surface area (Å²) in [5, 5.41) is 20.2. The second-order valence-corrected chi connectivity index (χ2v) is 15.0. The van der Waals surface area contributed by atoms with Gasteiger partial charge in [0.1, 0.15) is 28.9 Å². The second kappa shape index (κ2) is 10.7. The number of nitrogens with one attached hydrogen (secondary N) is 2. The van der Waals surface area contributed by atoms with Crippen molar-refractivity contribution in [2.45, 2.75) is 64.9 Å². The molecule has 1 saturated carbocycles. The first-order valence-electron chi connectivity index (χ1n) is 13.5. The molecule has 3 N–H and O–H groups in total. The standard InChI is InChI=1S/C26H33N5O7S2/c32-19(17-37-20-2-1-3-22(10-20)39(33,34)21-4-5-21)13-27-18-12-26(38-16-18)6-8-31(9-7-26)40(35,36)23-11-24-25(28-14-23)15-29-30-24/h1-3,10-11,14-15,18-19,21,27,32H,4-9,12-13,16-17H2,(H,29,30). The molecule has 0 radical (unpaired) electrons. The number of pyridine rings is 1. The van der Waals surface area contributed by atoms with Gasteiger partial charge in [0.2, 0.25) is 10.0 Å². The van der Waals surface area contributed by atoms with Gasteiger partial charge in [0.25, 0.3) is 0 Å². The minimum Gasteiger partial charge on any atom is -0.491 e. The molecule has 0 bridgehead atoms. The Labute approximate surface area is 233 Å². The van der Waals surface area contributed by atoms with Crippen LogP contribution in [0.1, 0.15) is 32.1 Å². The van der Waals surface area contributed by atoms with Crippen LogP contribution in [0.15, 0.2) is 52.5 Å². The third kappa shape index (κ3) is 5.60. The van der Waals surface area contributed by atoms with E-state index in [1.807, 2.05) is 0 Å². The topological polar surface area (TPSA) is 164 Å². The highest BCUT2D eigenvalue weighted by atomic mass is 32.2. The molecule has 3 aromatic rings. The highest BCUT2D eigenvalue weighted by molar-refractivity contribution is 7.92. The summed E-state index contributed by atoms with van der Waals surface area (Å²) in [6, 6.07) is 8.00. The van der Waals surface area contributed by atoms with Crippen molar-refractivity contribution in [3.63, 3.8) is 0 Å². The van der Waals surface area contributed by atoms with Gasteiger partial charge >= 0.3 is 0 Å². The number of aliphatic hydroxyl groups is 1. The van der Waals surface area contributed by atoms with E-state index < -0.39 is 31.6 Å². The van der Waals surface area contributed by atoms with E-state index in [4.69, 9.17) is 9.47 Å². The number of hydrogen-bond donors (Lipinski definition) is 3. The van der Waals surface area contributed by atoms with E-state index in [1.54, 1.807) is 30.5 Å². The fourth-order valence-electron chi connectivity index (χ4n) is 5.43. The molecule has 0 amide bonds. The summed E-state index contributed by atoms with van der Waals surface area (Å²) in [6.45, 7) is 1.48. The predicted molar refractivity (Wildman–Crippen MR) is 145 cm³/mol. The molecule has 6 rings (SSSR count). The SMILES string of the molecule is O=S(=O)(c1cccc(OCC(O)CNC2COC3(CCN(S(=O)(=O)c4cnc5cn[nH]c5c4)CC3)C2)c1)C1CC1. The first kappa shape index (κ1) is 27.5. The molecule has 4 heterocycles. The summed E-state index contributed by atoms with van der Waals surface area (Å²) in [5.41, 5.74) is 0.786. The number of aromatic amines is 1. The Hall–Kier alpha value is -2.62. The Morgan fingerprint density at radius 1 is 1.15 bits per heavy atom. The number of H-pyrrole nitrogens is 1. The molecular weight excluding hydrogens is 558 g/mol. The van der Waals surface area contributed by atoms with E-state index in [1.165, 1.54) is 16.6 Å². The first-order valence-corrected chi connectivity index (χ1v) is 16.4. The molecule has 14 heteroatoms. The summed E-state index contributed by atoms with van der Waals surface area (Å²) in [5.74, 6) is 0.408. The number of ether oxygens (including phenoxy) is 2. The van der Waals surface area contributed by atoms with Crippen molar-refractivity contribution in [3.05, 3.63) is 42.7 Å². The zero-order valence-corrected chi connectivity index (χ0v) is 23.5. The van der Waals surface area contributed by atoms with Gasteiger partial charge in [-0.2, -0.15) is 9.40 Å². The van der Waals surface area contributed by atoms with E-state index in [-0.39, 0.29) is 34.2 Å². The lowest BCUT2D eigenvalue weighted by Crippen LogP contribution is -2.47. The normalized spacial score (nSPS) is 22.6. The second-order valence-electron chi connectivity index (χ2n) is 10.9. The number of fused-ring (bicyclic) bond motifs is 1. The van der Waals surface area contributed by atoms with Crippen LogP contribution in [0.4, 0.5) is 0 Å². The maximum atomic E-state index is 13.2. The van der Waals surface area contributed by atoms with Crippen molar-refractivity contribution < 1.29 is 31.4 Å². The Morgan fingerprint density at radius 2 is 1.95 bits per heavy atom. The molecule has 2 aromatic heterocycles. The van der Waals surface area contributed by atoms with Gasteiger partial charge in [0, 0.05) is 31.9 Å². The fraction of sp³-hybridized carbons (Fsp3) is 0.538. The number of aliphatic hydroxyl groups excluding tert-OH is 1. The van der Waals surface area contributed by atoms with Crippen molar-refractivity contribution in [3.8, 4) is 5.75 Å². The van der Waals surface area contributed by atoms with E-state index >= 15 is 0 Å². The molecule has 1 aromatic carbocycles. The zero-order chi connectivity index (χ0) is 28.0. The fourth-order valence-corrected chi connectivity index (χ4v) is 8.53. The quantitative estimate of drug-likeness (QED) is 0.312. The largest absolute Gasteiger partial charge is 0.491 e. The maximum Gasteiger partial charge on any atom is 0.244 e. The molecule has 3 fully saturated rings. The minimum atomic E-state index is -3.68. The van der Waals surface area contributed by atoms with E-state index in [2.05, 4.69) is 20.5 Å². The molecule has 40 heavy (non-hydrogen) atoms. The summed E-state index contributed by atoms with van der Waals surface area (Å²) < 4.78 is 64.6. The summed E-state index contributed by atoms with van der Waals surface area (Å²) >= 11 is 0. The van der Waals surface area contributed by atoms with Crippen LogP contribution in [0, 0.1) is 0 Å². The molecular formula is C26H33N5O7S2. The van der Waals surface area contributed by atoms with Crippen LogP contribution in [0.25, 0.3) is 11.0 Å². The lowest BCUT2D eigenvalue weighted by Gasteiger charge is -2.38. The Kier molecular flexibility index (Phi) is 7.34. The van der Waals surface area contributed by atoms with Crippen LogP contribution in [0.2, 0.25) is 0 Å². The van der Waals surface area contributed by atoms with Gasteiger partial charge in [-0.3, -0.25) is 10.1 Å². The number of aromatic nitrogens is 3. The molecule has 2 atom stereocenters. The van der Waals surface area contributed by atoms with Gasteiger partial charge in [-0.25, -0.2) is 16.8 Å². The number of piperidine rings is 1. The van der Waals surface area contributed by atoms with E-state index in [9.17, 15) is 21.9 Å². The van der Waals surface area contributed by atoms with E-state index in [0.29, 0.717) is 62.2 Å². The summed E-state index contributed by atoms with van der Waals surface area (Å²) in [4.78, 5) is 4.58. The van der Waals surface area contributed by atoms with Crippen molar-refractivity contribution in [1.82, 2.24) is 24.8 Å². The summed E-state index contributed by atoms with van der Waals surface area (Å²) in [6.07, 6.45) is 5.39. The van der Waals surface area contributed by atoms with Gasteiger partial charge in [-0.05, 0) is 56.4 Å². The molecule has 1 aliphatic carbocycles. The third-order valence-corrected chi connectivity index (χ3v) is 12.1. The highest BCUT2D eigenvalue weighted by Gasteiger charge is 2.45. The van der Waals surface area contributed by atoms with Crippen molar-refractivity contribution in [2.24, 2.45) is 0 Å². The van der Waals surface area contributed by atoms with Crippen LogP contribution in [-0.2, 0) is 24.6 Å². The smallest absolute Gasteiger partial charge is 0.244 e. The molecule has 3 aliphatic rings. The molecule has 2 aliphatic heterocycles. The lowest BCUT2D eigenvalue weighted by molar-refractivity contribution is -0.0312. The number of sulfone groups is 1. The van der Waals surface area contributed by atoms with Crippen molar-refractivity contribution in [1.29, 1.82) is 0 Å². The maximum absolute atomic E-state index is 13.2. The van der Waals surface area contributed by atoms with Crippen LogP contribution in [0.5, 0.6) is 5.75 Å². The van der Waals surface area contributed by atoms with Gasteiger partial charge < -0.3 is 19.9 Å². The molecule has 12 nitrogen and oxygen atoms in total. The van der Waals surface area contributed by atoms with Crippen LogP contribution >= 0.6 is 0 Å². The lowest BCUT2D eigenvalue weighted by atomic mass is 9.88. The van der Waals surface area contributed by atoms with Gasteiger partial charge in [-0.15, -0.1) is 0 Å². The van der Waals surface area contributed by atoms with Gasteiger partial charge in [0.05, 0.1) is 34.1 Å². The molecule has 216 valence electrons. The number of hydrogen-bond acceptors (Lipinski definition) is 10. The van der Waals surface area contributed by atoms with Crippen molar-refractivity contribution >= 4 is 30.9 Å². The number of benzene rings is 1. The Morgan fingerprint density at radius 3 is 2.73 bits per heavy atom. The van der Waals surface area contributed by atoms with Gasteiger partial charge in [-0.1, -0.05) is 6.07 Å². The first-order chi connectivity index (χ1) is 19.1.